The first-order valence-corrected chi connectivity index (χ1v) is 6.99. The van der Waals surface area contributed by atoms with Crippen molar-refractivity contribution in [3.63, 3.8) is 0 Å². The predicted molar refractivity (Wildman–Crippen MR) is 87.4 cm³/mol. The Bertz CT molecular complexity index is 866. The average Bonchev–Trinajstić information content (AvgIpc) is 2.53. The van der Waals surface area contributed by atoms with Crippen molar-refractivity contribution in [1.82, 2.24) is 4.57 Å². The molecule has 1 heterocycles. The molecule has 0 atom stereocenters. The third-order valence-corrected chi connectivity index (χ3v) is 4.06. The number of rotatable bonds is 2. The van der Waals surface area contributed by atoms with E-state index in [2.05, 4.69) is 0 Å². The zero-order chi connectivity index (χ0) is 15.0. The number of ether oxygens (including phenoxy) is 1. The van der Waals surface area contributed by atoms with Gasteiger partial charge >= 0.3 is 0 Å². The minimum atomic E-state index is 0.136. The van der Waals surface area contributed by atoms with Crippen molar-refractivity contribution in [2.75, 3.05) is 7.11 Å². The number of aromatic nitrogens is 1. The summed E-state index contributed by atoms with van der Waals surface area (Å²) in [7, 11) is 3.56. The lowest BCUT2D eigenvalue weighted by molar-refractivity contribution is 0.415. The number of hydrogen-bond acceptors (Lipinski definition) is 3. The van der Waals surface area contributed by atoms with Gasteiger partial charge in [0.25, 0.3) is 0 Å². The smallest absolute Gasteiger partial charge is 0.158 e. The molecule has 3 rings (SSSR count). The maximum atomic E-state index is 10.5. The van der Waals surface area contributed by atoms with Crippen LogP contribution in [0.25, 0.3) is 22.2 Å². The van der Waals surface area contributed by atoms with E-state index in [1.54, 1.807) is 7.11 Å². The van der Waals surface area contributed by atoms with Gasteiger partial charge in [-0.25, -0.2) is 0 Å². The van der Waals surface area contributed by atoms with Crippen LogP contribution in [0, 0.1) is 4.51 Å². The van der Waals surface area contributed by atoms with Crippen molar-refractivity contribution < 1.29 is 9.84 Å². The maximum Gasteiger partial charge on any atom is 0.158 e. The van der Waals surface area contributed by atoms with Crippen LogP contribution >= 0.6 is 12.2 Å². The highest BCUT2D eigenvalue weighted by molar-refractivity contribution is 7.71. The molecule has 0 unspecified atom stereocenters. The van der Waals surface area contributed by atoms with Crippen LogP contribution in [0.3, 0.4) is 0 Å². The molecule has 0 aliphatic rings. The van der Waals surface area contributed by atoms with Gasteiger partial charge in [0, 0.05) is 23.5 Å². The van der Waals surface area contributed by atoms with Gasteiger partial charge < -0.3 is 14.4 Å². The van der Waals surface area contributed by atoms with Crippen molar-refractivity contribution in [1.29, 1.82) is 0 Å². The van der Waals surface area contributed by atoms with Gasteiger partial charge in [-0.3, -0.25) is 0 Å². The van der Waals surface area contributed by atoms with Gasteiger partial charge in [-0.1, -0.05) is 30.4 Å². The molecule has 0 saturated heterocycles. The molecule has 0 fully saturated rings. The molecular formula is C17H15NO2S. The fraction of sp³-hybridized carbons (Fsp3) is 0.118. The molecule has 0 aliphatic carbocycles. The summed E-state index contributed by atoms with van der Waals surface area (Å²) in [6.07, 6.45) is 0. The number of aromatic hydroxyl groups is 1. The summed E-state index contributed by atoms with van der Waals surface area (Å²) < 4.78 is 7.61. The molecule has 0 amide bonds. The minimum Gasteiger partial charge on any atom is -0.504 e. The number of benzene rings is 2. The van der Waals surface area contributed by atoms with E-state index >= 15 is 0 Å². The molecule has 0 spiro atoms. The predicted octanol–water partition coefficient (Wildman–Crippen LogP) is 4.29. The molecule has 0 radical (unpaired) electrons. The second-order valence-corrected chi connectivity index (χ2v) is 5.24. The summed E-state index contributed by atoms with van der Waals surface area (Å²) >= 11 is 5.40. The highest BCUT2D eigenvalue weighted by Gasteiger charge is 2.13. The first kappa shape index (κ1) is 13.6. The largest absolute Gasteiger partial charge is 0.504 e. The molecule has 1 N–H and O–H groups in total. The summed E-state index contributed by atoms with van der Waals surface area (Å²) in [6.45, 7) is 0. The van der Waals surface area contributed by atoms with Gasteiger partial charge in [0.15, 0.2) is 5.75 Å². The molecule has 1 aromatic heterocycles. The van der Waals surface area contributed by atoms with E-state index in [0.717, 1.165) is 22.2 Å². The number of pyridine rings is 1. The minimum absolute atomic E-state index is 0.136. The van der Waals surface area contributed by atoms with E-state index in [1.807, 2.05) is 60.1 Å². The van der Waals surface area contributed by atoms with Crippen molar-refractivity contribution in [2.45, 2.75) is 0 Å². The second kappa shape index (κ2) is 5.22. The Balaban J connectivity index is 2.34. The van der Waals surface area contributed by atoms with Crippen LogP contribution in [-0.2, 0) is 7.05 Å². The number of fused-ring (bicyclic) bond motifs is 1. The third kappa shape index (κ3) is 2.17. The van der Waals surface area contributed by atoms with E-state index in [9.17, 15) is 5.11 Å². The van der Waals surface area contributed by atoms with Crippen LogP contribution in [-0.4, -0.2) is 16.8 Å². The van der Waals surface area contributed by atoms with Crippen LogP contribution in [0.2, 0.25) is 0 Å². The first-order valence-electron chi connectivity index (χ1n) is 6.58. The molecule has 0 saturated carbocycles. The van der Waals surface area contributed by atoms with E-state index < -0.39 is 0 Å². The normalized spacial score (nSPS) is 10.8. The number of hydrogen-bond donors (Lipinski definition) is 1. The van der Waals surface area contributed by atoms with E-state index in [-0.39, 0.29) is 5.75 Å². The Morgan fingerprint density at radius 2 is 1.71 bits per heavy atom. The molecule has 0 aliphatic heterocycles. The van der Waals surface area contributed by atoms with Crippen LogP contribution in [0.5, 0.6) is 11.5 Å². The monoisotopic (exact) mass is 297 g/mol. The second-order valence-electron chi connectivity index (χ2n) is 4.83. The van der Waals surface area contributed by atoms with Gasteiger partial charge in [-0.15, -0.1) is 0 Å². The number of nitrogens with zero attached hydrogens (tertiary/aromatic N) is 1. The standard InChI is InChI=1S/C17H15NO2S/c1-18-14-6-4-3-5-13(14)17(21)16(19)15(18)11-7-9-12(20-2)10-8-11/h3-10,19H,1-2H3. The Hall–Kier alpha value is -2.33. The molecule has 3 aromatic rings. The Kier molecular flexibility index (Phi) is 3.39. The highest BCUT2D eigenvalue weighted by Crippen LogP contribution is 2.35. The molecule has 2 aromatic carbocycles. The lowest BCUT2D eigenvalue weighted by atomic mass is 10.1. The summed E-state index contributed by atoms with van der Waals surface area (Å²) in [6, 6.07) is 15.4. The summed E-state index contributed by atoms with van der Waals surface area (Å²) in [5.74, 6) is 0.914. The van der Waals surface area contributed by atoms with Crippen molar-refractivity contribution in [2.24, 2.45) is 7.05 Å². The number of para-hydroxylation sites is 1. The topological polar surface area (TPSA) is 34.4 Å². The van der Waals surface area contributed by atoms with Gasteiger partial charge in [-0.2, -0.15) is 0 Å². The van der Waals surface area contributed by atoms with E-state index in [1.165, 1.54) is 0 Å². The maximum absolute atomic E-state index is 10.5. The van der Waals surface area contributed by atoms with E-state index in [0.29, 0.717) is 10.2 Å². The van der Waals surface area contributed by atoms with Gasteiger partial charge in [0.2, 0.25) is 0 Å². The molecule has 21 heavy (non-hydrogen) atoms. The number of methoxy groups -OCH3 is 1. The summed E-state index contributed by atoms with van der Waals surface area (Å²) in [5.41, 5.74) is 2.60. The molecule has 106 valence electrons. The fourth-order valence-electron chi connectivity index (χ4n) is 2.55. The van der Waals surface area contributed by atoms with Gasteiger partial charge in [0.05, 0.1) is 17.3 Å². The Morgan fingerprint density at radius 3 is 2.38 bits per heavy atom. The quantitative estimate of drug-likeness (QED) is 0.717. The highest BCUT2D eigenvalue weighted by atomic mass is 32.1. The third-order valence-electron chi connectivity index (χ3n) is 3.65. The average molecular weight is 297 g/mol. The zero-order valence-corrected chi connectivity index (χ0v) is 12.6. The molecule has 4 heteroatoms. The first-order chi connectivity index (χ1) is 10.1. The molecule has 0 bridgehead atoms. The van der Waals surface area contributed by atoms with Gasteiger partial charge in [-0.05, 0) is 30.3 Å². The lowest BCUT2D eigenvalue weighted by Crippen LogP contribution is -2.00. The fourth-order valence-corrected chi connectivity index (χ4v) is 2.82. The van der Waals surface area contributed by atoms with E-state index in [4.69, 9.17) is 17.0 Å². The Morgan fingerprint density at radius 1 is 1.05 bits per heavy atom. The van der Waals surface area contributed by atoms with Crippen LogP contribution in [0.1, 0.15) is 0 Å². The van der Waals surface area contributed by atoms with Crippen molar-refractivity contribution in [3.8, 4) is 22.8 Å². The van der Waals surface area contributed by atoms with Crippen LogP contribution < -0.4 is 4.74 Å². The lowest BCUT2D eigenvalue weighted by Gasteiger charge is -2.15. The summed E-state index contributed by atoms with van der Waals surface area (Å²) in [4.78, 5) is 0. The van der Waals surface area contributed by atoms with Gasteiger partial charge in [0.1, 0.15) is 5.75 Å². The Labute approximate surface area is 128 Å². The summed E-state index contributed by atoms with van der Waals surface area (Å²) in [5, 5.41) is 11.4. The van der Waals surface area contributed by atoms with Crippen molar-refractivity contribution >= 4 is 23.1 Å². The van der Waals surface area contributed by atoms with Crippen LogP contribution in [0.4, 0.5) is 0 Å². The zero-order valence-electron chi connectivity index (χ0n) is 11.8. The van der Waals surface area contributed by atoms with Crippen molar-refractivity contribution in [3.05, 3.63) is 53.0 Å². The number of aryl methyl sites for hydroxylation is 1. The van der Waals surface area contributed by atoms with Crippen LogP contribution in [0.15, 0.2) is 48.5 Å². The molecule has 3 nitrogen and oxygen atoms in total. The SMILES string of the molecule is COc1ccc(-c2c(O)c(=S)c3ccccc3n2C)cc1. The molecular weight excluding hydrogens is 282 g/mol.